The van der Waals surface area contributed by atoms with Crippen molar-refractivity contribution in [3.8, 4) is 22.1 Å². The molecule has 0 saturated heterocycles. The van der Waals surface area contributed by atoms with Gasteiger partial charge < -0.3 is 14.8 Å². The molecule has 1 aromatic heterocycles. The van der Waals surface area contributed by atoms with Gasteiger partial charge in [0, 0.05) is 11.4 Å². The predicted octanol–water partition coefficient (Wildman–Crippen LogP) is 3.89. The van der Waals surface area contributed by atoms with Gasteiger partial charge in [0.15, 0.2) is 11.5 Å². The van der Waals surface area contributed by atoms with E-state index < -0.39 is 0 Å². The Bertz CT molecular complexity index is 583. The molecule has 0 amide bonds. The van der Waals surface area contributed by atoms with Crippen LogP contribution < -0.4 is 14.8 Å². The van der Waals surface area contributed by atoms with Crippen LogP contribution in [-0.4, -0.2) is 25.7 Å². The van der Waals surface area contributed by atoms with Crippen LogP contribution in [0, 0.1) is 0 Å². The minimum atomic E-state index is 0.256. The van der Waals surface area contributed by atoms with E-state index in [0.29, 0.717) is 0 Å². The van der Waals surface area contributed by atoms with Crippen molar-refractivity contribution in [3.63, 3.8) is 0 Å². The second kappa shape index (κ2) is 7.43. The SMILES string of the molecule is CCCNC(C)c1csc(-c2cccc(OC)c2OC)n1. The van der Waals surface area contributed by atoms with Gasteiger partial charge in [-0.1, -0.05) is 13.0 Å². The highest BCUT2D eigenvalue weighted by molar-refractivity contribution is 7.13. The molecule has 1 heterocycles. The second-order valence-electron chi connectivity index (χ2n) is 4.79. The highest BCUT2D eigenvalue weighted by Crippen LogP contribution is 2.39. The molecular formula is C16H22N2O2S. The molecule has 0 fully saturated rings. The summed E-state index contributed by atoms with van der Waals surface area (Å²) >= 11 is 1.63. The van der Waals surface area contributed by atoms with Gasteiger partial charge in [-0.15, -0.1) is 11.3 Å². The number of para-hydroxylation sites is 1. The lowest BCUT2D eigenvalue weighted by Gasteiger charge is -2.11. The number of nitrogens with one attached hydrogen (secondary N) is 1. The number of thiazole rings is 1. The van der Waals surface area contributed by atoms with E-state index in [1.165, 1.54) is 0 Å². The van der Waals surface area contributed by atoms with Crippen LogP contribution in [-0.2, 0) is 0 Å². The Kier molecular flexibility index (Phi) is 5.59. The van der Waals surface area contributed by atoms with Crippen LogP contribution in [0.4, 0.5) is 0 Å². The van der Waals surface area contributed by atoms with Crippen LogP contribution >= 0.6 is 11.3 Å². The van der Waals surface area contributed by atoms with Gasteiger partial charge in [-0.3, -0.25) is 0 Å². The van der Waals surface area contributed by atoms with Crippen LogP contribution in [0.5, 0.6) is 11.5 Å². The number of hydrogen-bond acceptors (Lipinski definition) is 5. The minimum absolute atomic E-state index is 0.256. The lowest BCUT2D eigenvalue weighted by Crippen LogP contribution is -2.19. The Morgan fingerprint density at radius 1 is 1.29 bits per heavy atom. The highest BCUT2D eigenvalue weighted by Gasteiger charge is 2.16. The van der Waals surface area contributed by atoms with Crippen LogP contribution in [0.1, 0.15) is 32.0 Å². The van der Waals surface area contributed by atoms with Crippen LogP contribution in [0.2, 0.25) is 0 Å². The number of nitrogens with zero attached hydrogens (tertiary/aromatic N) is 1. The summed E-state index contributed by atoms with van der Waals surface area (Å²) in [4.78, 5) is 4.74. The third-order valence-electron chi connectivity index (χ3n) is 3.30. The van der Waals surface area contributed by atoms with Gasteiger partial charge in [-0.2, -0.15) is 0 Å². The molecule has 0 aliphatic heterocycles. The molecule has 21 heavy (non-hydrogen) atoms. The molecule has 0 saturated carbocycles. The Morgan fingerprint density at radius 2 is 2.10 bits per heavy atom. The molecule has 0 radical (unpaired) electrons. The first-order valence-corrected chi connectivity index (χ1v) is 7.99. The molecule has 5 heteroatoms. The van der Waals surface area contributed by atoms with E-state index in [-0.39, 0.29) is 6.04 Å². The van der Waals surface area contributed by atoms with Gasteiger partial charge in [-0.05, 0) is 32.0 Å². The number of benzene rings is 1. The Balaban J connectivity index is 2.29. The van der Waals surface area contributed by atoms with E-state index in [4.69, 9.17) is 14.5 Å². The molecule has 1 atom stereocenters. The quantitative estimate of drug-likeness (QED) is 0.843. The zero-order valence-corrected chi connectivity index (χ0v) is 13.8. The number of aromatic nitrogens is 1. The molecule has 4 nitrogen and oxygen atoms in total. The average Bonchev–Trinajstić information content (AvgIpc) is 3.01. The van der Waals surface area contributed by atoms with Crippen molar-refractivity contribution in [2.24, 2.45) is 0 Å². The van der Waals surface area contributed by atoms with E-state index in [9.17, 15) is 0 Å². The maximum atomic E-state index is 5.48. The monoisotopic (exact) mass is 306 g/mol. The lowest BCUT2D eigenvalue weighted by atomic mass is 10.2. The van der Waals surface area contributed by atoms with Crippen molar-refractivity contribution in [2.45, 2.75) is 26.3 Å². The molecular weight excluding hydrogens is 284 g/mol. The summed E-state index contributed by atoms with van der Waals surface area (Å²) in [5, 5.41) is 6.50. The van der Waals surface area contributed by atoms with E-state index in [0.717, 1.165) is 40.7 Å². The first-order chi connectivity index (χ1) is 10.2. The Hall–Kier alpha value is -1.59. The van der Waals surface area contributed by atoms with Gasteiger partial charge >= 0.3 is 0 Å². The maximum absolute atomic E-state index is 5.48. The summed E-state index contributed by atoms with van der Waals surface area (Å²) in [6.07, 6.45) is 1.12. The normalized spacial score (nSPS) is 12.2. The standard InChI is InChI=1S/C16H22N2O2S/c1-5-9-17-11(2)13-10-21-16(18-13)12-7-6-8-14(19-3)15(12)20-4/h6-8,10-11,17H,5,9H2,1-4H3. The molecule has 0 aliphatic rings. The van der Waals surface area contributed by atoms with E-state index in [1.807, 2.05) is 18.2 Å². The second-order valence-corrected chi connectivity index (χ2v) is 5.65. The van der Waals surface area contributed by atoms with Gasteiger partial charge in [0.1, 0.15) is 5.01 Å². The summed E-state index contributed by atoms with van der Waals surface area (Å²) in [7, 11) is 3.30. The topological polar surface area (TPSA) is 43.4 Å². The highest BCUT2D eigenvalue weighted by atomic mass is 32.1. The third-order valence-corrected chi connectivity index (χ3v) is 4.19. The fourth-order valence-electron chi connectivity index (χ4n) is 2.13. The molecule has 1 aromatic carbocycles. The summed E-state index contributed by atoms with van der Waals surface area (Å²) < 4.78 is 10.8. The number of methoxy groups -OCH3 is 2. The molecule has 1 unspecified atom stereocenters. The molecule has 2 rings (SSSR count). The first-order valence-electron chi connectivity index (χ1n) is 7.11. The number of rotatable bonds is 7. The van der Waals surface area contributed by atoms with Crippen LogP contribution in [0.25, 0.3) is 10.6 Å². The fourth-order valence-corrected chi connectivity index (χ4v) is 3.06. The Morgan fingerprint density at radius 3 is 2.76 bits per heavy atom. The molecule has 114 valence electrons. The number of ether oxygens (including phenoxy) is 2. The minimum Gasteiger partial charge on any atom is -0.493 e. The summed E-state index contributed by atoms with van der Waals surface area (Å²) in [5.41, 5.74) is 2.03. The van der Waals surface area contributed by atoms with Crippen LogP contribution in [0.15, 0.2) is 23.6 Å². The summed E-state index contributed by atoms with van der Waals surface area (Å²) in [6, 6.07) is 6.11. The van der Waals surface area contributed by atoms with Crippen molar-refractivity contribution >= 4 is 11.3 Å². The van der Waals surface area contributed by atoms with Gasteiger partial charge in [0.25, 0.3) is 0 Å². The summed E-state index contributed by atoms with van der Waals surface area (Å²) in [5.74, 6) is 1.46. The van der Waals surface area contributed by atoms with Crippen molar-refractivity contribution < 1.29 is 9.47 Å². The smallest absolute Gasteiger partial charge is 0.170 e. The van der Waals surface area contributed by atoms with Gasteiger partial charge in [0.05, 0.1) is 25.5 Å². The summed E-state index contributed by atoms with van der Waals surface area (Å²) in [6.45, 7) is 5.29. The number of hydrogen-bond donors (Lipinski definition) is 1. The average molecular weight is 306 g/mol. The predicted molar refractivity (Wildman–Crippen MR) is 87.4 cm³/mol. The van der Waals surface area contributed by atoms with Crippen molar-refractivity contribution in [1.82, 2.24) is 10.3 Å². The molecule has 1 N–H and O–H groups in total. The van der Waals surface area contributed by atoms with E-state index in [1.54, 1.807) is 25.6 Å². The van der Waals surface area contributed by atoms with Crippen molar-refractivity contribution in [3.05, 3.63) is 29.3 Å². The zero-order valence-electron chi connectivity index (χ0n) is 13.0. The first kappa shape index (κ1) is 15.8. The maximum Gasteiger partial charge on any atom is 0.170 e. The van der Waals surface area contributed by atoms with Crippen molar-refractivity contribution in [2.75, 3.05) is 20.8 Å². The van der Waals surface area contributed by atoms with Gasteiger partial charge in [0.2, 0.25) is 0 Å². The fraction of sp³-hybridized carbons (Fsp3) is 0.438. The zero-order chi connectivity index (χ0) is 15.2. The molecule has 0 spiro atoms. The molecule has 2 aromatic rings. The lowest BCUT2D eigenvalue weighted by molar-refractivity contribution is 0.356. The van der Waals surface area contributed by atoms with E-state index >= 15 is 0 Å². The molecule has 0 aliphatic carbocycles. The Labute approximate surface area is 130 Å². The molecule has 0 bridgehead atoms. The third kappa shape index (κ3) is 3.54. The van der Waals surface area contributed by atoms with E-state index in [2.05, 4.69) is 24.5 Å². The largest absolute Gasteiger partial charge is 0.493 e. The van der Waals surface area contributed by atoms with Crippen LogP contribution in [0.3, 0.4) is 0 Å². The van der Waals surface area contributed by atoms with Gasteiger partial charge in [-0.25, -0.2) is 4.98 Å². The van der Waals surface area contributed by atoms with Crippen molar-refractivity contribution in [1.29, 1.82) is 0 Å².